The van der Waals surface area contributed by atoms with E-state index >= 15 is 0 Å². The predicted octanol–water partition coefficient (Wildman–Crippen LogP) is 5.70. The second-order valence-electron chi connectivity index (χ2n) is 5.65. The van der Waals surface area contributed by atoms with Crippen LogP contribution in [0.1, 0.15) is 32.8 Å². The van der Waals surface area contributed by atoms with Crippen LogP contribution in [0.3, 0.4) is 0 Å². The molecule has 3 rings (SSSR count). The van der Waals surface area contributed by atoms with Crippen LogP contribution in [-0.4, -0.2) is 4.98 Å². The van der Waals surface area contributed by atoms with Gasteiger partial charge in [0.05, 0.1) is 10.2 Å². The summed E-state index contributed by atoms with van der Waals surface area (Å²) in [5, 5.41) is 1.06. The number of nitrogens with zero attached hydrogens (tertiary/aromatic N) is 1. The van der Waals surface area contributed by atoms with Crippen LogP contribution in [0.25, 0.3) is 22.4 Å². The SMILES string of the molecule is Cc1ccc(/C=C/c2nc3cc(C)c(C)cc3s2)c(C)c1. The van der Waals surface area contributed by atoms with Crippen molar-refractivity contribution in [3.8, 4) is 0 Å². The summed E-state index contributed by atoms with van der Waals surface area (Å²) < 4.78 is 1.26. The molecular formula is C19H19NS. The molecule has 0 spiro atoms. The molecule has 21 heavy (non-hydrogen) atoms. The zero-order chi connectivity index (χ0) is 15.0. The molecule has 1 nitrogen and oxygen atoms in total. The Kier molecular flexibility index (Phi) is 3.64. The fraction of sp³-hybridized carbons (Fsp3) is 0.211. The van der Waals surface area contributed by atoms with Gasteiger partial charge in [-0.1, -0.05) is 29.8 Å². The summed E-state index contributed by atoms with van der Waals surface area (Å²) in [5.74, 6) is 0. The summed E-state index contributed by atoms with van der Waals surface area (Å²) in [6, 6.07) is 10.9. The summed E-state index contributed by atoms with van der Waals surface area (Å²) in [6.07, 6.45) is 4.28. The Hall–Kier alpha value is -1.93. The van der Waals surface area contributed by atoms with Crippen LogP contribution < -0.4 is 0 Å². The number of hydrogen-bond acceptors (Lipinski definition) is 2. The molecule has 0 radical (unpaired) electrons. The van der Waals surface area contributed by atoms with Gasteiger partial charge in [0, 0.05) is 0 Å². The maximum absolute atomic E-state index is 4.71. The van der Waals surface area contributed by atoms with Crippen molar-refractivity contribution in [2.45, 2.75) is 27.7 Å². The average Bonchev–Trinajstić information content (AvgIpc) is 2.80. The summed E-state index contributed by atoms with van der Waals surface area (Å²) in [6.45, 7) is 8.56. The first-order chi connectivity index (χ1) is 10.0. The number of hydrogen-bond donors (Lipinski definition) is 0. The highest BCUT2D eigenvalue weighted by atomic mass is 32.1. The standard InChI is InChI=1S/C19H19NS/c1-12-5-6-16(15(4)9-12)7-8-19-20-17-10-13(2)14(3)11-18(17)21-19/h5-11H,1-4H3/b8-7+. The minimum atomic E-state index is 1.06. The van der Waals surface area contributed by atoms with Crippen molar-refractivity contribution in [1.82, 2.24) is 4.98 Å². The van der Waals surface area contributed by atoms with Gasteiger partial charge in [-0.2, -0.15) is 0 Å². The molecule has 0 aliphatic rings. The van der Waals surface area contributed by atoms with E-state index in [-0.39, 0.29) is 0 Å². The number of benzene rings is 2. The van der Waals surface area contributed by atoms with Gasteiger partial charge in [-0.25, -0.2) is 4.98 Å². The van der Waals surface area contributed by atoms with E-state index in [2.05, 4.69) is 70.2 Å². The van der Waals surface area contributed by atoms with Gasteiger partial charge in [0.2, 0.25) is 0 Å². The molecule has 106 valence electrons. The van der Waals surface area contributed by atoms with Crippen molar-refractivity contribution < 1.29 is 0 Å². The van der Waals surface area contributed by atoms with E-state index in [1.807, 2.05) is 0 Å². The Balaban J connectivity index is 1.95. The lowest BCUT2D eigenvalue weighted by Crippen LogP contribution is -1.81. The number of thiazole rings is 1. The lowest BCUT2D eigenvalue weighted by Gasteiger charge is -2.00. The first-order valence-corrected chi connectivity index (χ1v) is 7.98. The van der Waals surface area contributed by atoms with Crippen LogP contribution in [0.5, 0.6) is 0 Å². The number of fused-ring (bicyclic) bond motifs is 1. The van der Waals surface area contributed by atoms with Crippen LogP contribution in [-0.2, 0) is 0 Å². The monoisotopic (exact) mass is 293 g/mol. The van der Waals surface area contributed by atoms with Crippen molar-refractivity contribution in [3.05, 3.63) is 63.2 Å². The zero-order valence-electron chi connectivity index (χ0n) is 12.9. The Morgan fingerprint density at radius 1 is 0.857 bits per heavy atom. The molecule has 0 aliphatic heterocycles. The Morgan fingerprint density at radius 2 is 1.62 bits per heavy atom. The molecule has 0 aliphatic carbocycles. The van der Waals surface area contributed by atoms with Crippen LogP contribution in [0, 0.1) is 27.7 Å². The van der Waals surface area contributed by atoms with Crippen LogP contribution in [0.15, 0.2) is 30.3 Å². The molecule has 0 saturated heterocycles. The lowest BCUT2D eigenvalue weighted by atomic mass is 10.1. The van der Waals surface area contributed by atoms with Crippen molar-refractivity contribution in [2.24, 2.45) is 0 Å². The highest BCUT2D eigenvalue weighted by molar-refractivity contribution is 7.19. The zero-order valence-corrected chi connectivity index (χ0v) is 13.7. The third-order valence-electron chi connectivity index (χ3n) is 3.85. The first-order valence-electron chi connectivity index (χ1n) is 7.16. The lowest BCUT2D eigenvalue weighted by molar-refractivity contribution is 1.35. The second-order valence-corrected chi connectivity index (χ2v) is 6.71. The molecule has 0 atom stereocenters. The fourth-order valence-electron chi connectivity index (χ4n) is 2.44. The molecule has 1 heterocycles. The van der Waals surface area contributed by atoms with Gasteiger partial charge in [0.1, 0.15) is 5.01 Å². The first kappa shape index (κ1) is 14.0. The van der Waals surface area contributed by atoms with E-state index in [4.69, 9.17) is 4.98 Å². The van der Waals surface area contributed by atoms with Crippen LogP contribution in [0.2, 0.25) is 0 Å². The molecule has 0 amide bonds. The third-order valence-corrected chi connectivity index (χ3v) is 4.83. The molecule has 2 aromatic carbocycles. The Bertz CT molecular complexity index is 801. The van der Waals surface area contributed by atoms with E-state index in [0.29, 0.717) is 0 Å². The van der Waals surface area contributed by atoms with E-state index in [1.54, 1.807) is 11.3 Å². The normalized spacial score (nSPS) is 11.6. The number of aromatic nitrogens is 1. The molecule has 0 saturated carbocycles. The smallest absolute Gasteiger partial charge is 0.117 e. The topological polar surface area (TPSA) is 12.9 Å². The minimum Gasteiger partial charge on any atom is -0.237 e. The summed E-state index contributed by atoms with van der Waals surface area (Å²) in [4.78, 5) is 4.71. The Morgan fingerprint density at radius 3 is 2.38 bits per heavy atom. The van der Waals surface area contributed by atoms with Crippen molar-refractivity contribution in [2.75, 3.05) is 0 Å². The average molecular weight is 293 g/mol. The fourth-order valence-corrected chi connectivity index (χ4v) is 3.39. The van der Waals surface area contributed by atoms with Gasteiger partial charge in [0.25, 0.3) is 0 Å². The molecule has 2 heteroatoms. The maximum Gasteiger partial charge on any atom is 0.117 e. The number of rotatable bonds is 2. The largest absolute Gasteiger partial charge is 0.237 e. The van der Waals surface area contributed by atoms with Crippen molar-refractivity contribution in [3.63, 3.8) is 0 Å². The van der Waals surface area contributed by atoms with E-state index < -0.39 is 0 Å². The van der Waals surface area contributed by atoms with E-state index in [9.17, 15) is 0 Å². The summed E-state index contributed by atoms with van der Waals surface area (Å²) >= 11 is 1.75. The molecule has 0 fully saturated rings. The van der Waals surface area contributed by atoms with Gasteiger partial charge >= 0.3 is 0 Å². The van der Waals surface area contributed by atoms with Gasteiger partial charge in [-0.15, -0.1) is 11.3 Å². The molecule has 0 unspecified atom stereocenters. The van der Waals surface area contributed by atoms with Gasteiger partial charge in [-0.05, 0) is 68.2 Å². The summed E-state index contributed by atoms with van der Waals surface area (Å²) in [7, 11) is 0. The van der Waals surface area contributed by atoms with Gasteiger partial charge < -0.3 is 0 Å². The quantitative estimate of drug-likeness (QED) is 0.590. The molecule has 0 bridgehead atoms. The van der Waals surface area contributed by atoms with Crippen LogP contribution in [0.4, 0.5) is 0 Å². The maximum atomic E-state index is 4.71. The predicted molar refractivity (Wildman–Crippen MR) is 93.9 cm³/mol. The van der Waals surface area contributed by atoms with Crippen molar-refractivity contribution >= 4 is 33.7 Å². The van der Waals surface area contributed by atoms with Crippen LogP contribution >= 0.6 is 11.3 Å². The molecule has 1 aromatic heterocycles. The highest BCUT2D eigenvalue weighted by Gasteiger charge is 2.04. The molecular weight excluding hydrogens is 274 g/mol. The third kappa shape index (κ3) is 2.91. The van der Waals surface area contributed by atoms with E-state index in [1.165, 1.54) is 32.5 Å². The van der Waals surface area contributed by atoms with Gasteiger partial charge in [-0.3, -0.25) is 0 Å². The Labute approximate surface area is 130 Å². The van der Waals surface area contributed by atoms with E-state index in [0.717, 1.165) is 10.5 Å². The number of aryl methyl sites for hydroxylation is 4. The minimum absolute atomic E-state index is 1.06. The van der Waals surface area contributed by atoms with Crippen molar-refractivity contribution in [1.29, 1.82) is 0 Å². The highest BCUT2D eigenvalue weighted by Crippen LogP contribution is 2.26. The molecule has 0 N–H and O–H groups in total. The molecule has 3 aromatic rings. The van der Waals surface area contributed by atoms with Gasteiger partial charge in [0.15, 0.2) is 0 Å². The second kappa shape index (κ2) is 5.45. The summed E-state index contributed by atoms with van der Waals surface area (Å²) in [5.41, 5.74) is 7.60.